The van der Waals surface area contributed by atoms with Gasteiger partial charge in [0.25, 0.3) is 0 Å². The Labute approximate surface area is 211 Å². The summed E-state index contributed by atoms with van der Waals surface area (Å²) < 4.78 is 23.9. The number of benzene rings is 2. The first kappa shape index (κ1) is 25.6. The molecule has 0 aliphatic carbocycles. The fourth-order valence-corrected chi connectivity index (χ4v) is 4.29. The second kappa shape index (κ2) is 13.0. The van der Waals surface area contributed by atoms with Crippen LogP contribution in [0.3, 0.4) is 0 Å². The summed E-state index contributed by atoms with van der Waals surface area (Å²) in [5, 5.41) is 6.39. The fourth-order valence-electron chi connectivity index (χ4n) is 4.29. The standard InChI is InChI=1S/C28H33FN4O3/c1-35-24-9-7-22(8-10-24)25-4-2-3-5-26(25)33-15-14-30-23(20-33)12-16-36-17-13-28(34)32-19-21-6-11-27(29)31-18-21/h2-11,18,23,30H,12-17,19-20H2,1H3,(H,32,34). The summed E-state index contributed by atoms with van der Waals surface area (Å²) in [6.07, 6.45) is 2.57. The highest BCUT2D eigenvalue weighted by Crippen LogP contribution is 2.32. The molecule has 0 spiro atoms. The molecule has 0 saturated carbocycles. The van der Waals surface area contributed by atoms with Gasteiger partial charge in [0.1, 0.15) is 5.75 Å². The van der Waals surface area contributed by atoms with E-state index in [-0.39, 0.29) is 12.3 Å². The van der Waals surface area contributed by atoms with Gasteiger partial charge in [-0.05, 0) is 41.8 Å². The van der Waals surface area contributed by atoms with Crippen molar-refractivity contribution in [2.75, 3.05) is 44.9 Å². The molecule has 0 radical (unpaired) electrons. The molecule has 1 unspecified atom stereocenters. The summed E-state index contributed by atoms with van der Waals surface area (Å²) in [5.41, 5.74) is 4.36. The molecule has 1 fully saturated rings. The smallest absolute Gasteiger partial charge is 0.222 e. The van der Waals surface area contributed by atoms with E-state index in [2.05, 4.69) is 56.9 Å². The second-order valence-electron chi connectivity index (χ2n) is 8.76. The molecule has 1 aliphatic rings. The Morgan fingerprint density at radius 2 is 1.97 bits per heavy atom. The van der Waals surface area contributed by atoms with Crippen LogP contribution < -0.4 is 20.3 Å². The van der Waals surface area contributed by atoms with Gasteiger partial charge in [-0.3, -0.25) is 4.79 Å². The molecule has 7 nitrogen and oxygen atoms in total. The van der Waals surface area contributed by atoms with Crippen LogP contribution in [0.2, 0.25) is 0 Å². The highest BCUT2D eigenvalue weighted by Gasteiger charge is 2.21. The molecular formula is C28H33FN4O3. The van der Waals surface area contributed by atoms with Crippen LogP contribution in [-0.2, 0) is 16.1 Å². The van der Waals surface area contributed by atoms with Crippen molar-refractivity contribution >= 4 is 11.6 Å². The Morgan fingerprint density at radius 1 is 1.14 bits per heavy atom. The molecule has 2 heterocycles. The van der Waals surface area contributed by atoms with Crippen molar-refractivity contribution in [1.29, 1.82) is 0 Å². The van der Waals surface area contributed by atoms with Crippen LogP contribution in [0, 0.1) is 5.95 Å². The number of pyridine rings is 1. The maximum atomic E-state index is 12.9. The molecule has 1 aromatic heterocycles. The van der Waals surface area contributed by atoms with Crippen LogP contribution in [0.15, 0.2) is 66.9 Å². The normalized spacial score (nSPS) is 15.5. The summed E-state index contributed by atoms with van der Waals surface area (Å²) in [6.45, 7) is 4.01. The molecule has 36 heavy (non-hydrogen) atoms. The van der Waals surface area contributed by atoms with E-state index in [9.17, 15) is 9.18 Å². The lowest BCUT2D eigenvalue weighted by Gasteiger charge is -2.36. The van der Waals surface area contributed by atoms with Gasteiger partial charge in [0, 0.05) is 62.7 Å². The lowest BCUT2D eigenvalue weighted by molar-refractivity contribution is -0.122. The number of aromatic nitrogens is 1. The Hall–Kier alpha value is -3.49. The highest BCUT2D eigenvalue weighted by molar-refractivity contribution is 5.79. The van der Waals surface area contributed by atoms with Crippen LogP contribution in [0.1, 0.15) is 18.4 Å². The third-order valence-electron chi connectivity index (χ3n) is 6.26. The Bertz CT molecular complexity index is 1110. The van der Waals surface area contributed by atoms with Gasteiger partial charge in [0.15, 0.2) is 0 Å². The molecule has 2 N–H and O–H groups in total. The lowest BCUT2D eigenvalue weighted by Crippen LogP contribution is -2.51. The second-order valence-corrected chi connectivity index (χ2v) is 8.76. The quantitative estimate of drug-likeness (QED) is 0.313. The fraction of sp³-hybridized carbons (Fsp3) is 0.357. The molecule has 1 aliphatic heterocycles. The molecule has 4 rings (SSSR count). The number of amides is 1. The van der Waals surface area contributed by atoms with Crippen LogP contribution in [0.4, 0.5) is 10.1 Å². The predicted molar refractivity (Wildman–Crippen MR) is 139 cm³/mol. The number of nitrogens with zero attached hydrogens (tertiary/aromatic N) is 2. The van der Waals surface area contributed by atoms with Crippen LogP contribution >= 0.6 is 0 Å². The molecule has 1 saturated heterocycles. The third-order valence-corrected chi connectivity index (χ3v) is 6.26. The van der Waals surface area contributed by atoms with Crippen LogP contribution in [-0.4, -0.2) is 56.9 Å². The molecule has 190 valence electrons. The average Bonchev–Trinajstić information content (AvgIpc) is 2.93. The van der Waals surface area contributed by atoms with Crippen molar-refractivity contribution in [3.8, 4) is 16.9 Å². The lowest BCUT2D eigenvalue weighted by atomic mass is 10.0. The number of rotatable bonds is 11. The van der Waals surface area contributed by atoms with Crippen LogP contribution in [0.25, 0.3) is 11.1 Å². The number of methoxy groups -OCH3 is 1. The number of hydrogen-bond acceptors (Lipinski definition) is 6. The first-order chi connectivity index (χ1) is 17.6. The molecular weight excluding hydrogens is 459 g/mol. The van der Waals surface area contributed by atoms with Gasteiger partial charge < -0.3 is 25.0 Å². The number of para-hydroxylation sites is 1. The highest BCUT2D eigenvalue weighted by atomic mass is 19.1. The number of carbonyl (C=O) groups is 1. The number of halogens is 1. The summed E-state index contributed by atoms with van der Waals surface area (Å²) in [6, 6.07) is 19.9. The van der Waals surface area contributed by atoms with Crippen molar-refractivity contribution in [2.24, 2.45) is 0 Å². The number of hydrogen-bond donors (Lipinski definition) is 2. The van der Waals surface area contributed by atoms with Gasteiger partial charge in [-0.1, -0.05) is 36.4 Å². The SMILES string of the molecule is COc1ccc(-c2ccccc2N2CCNC(CCOCCC(=O)NCc3ccc(F)nc3)C2)cc1. The van der Waals surface area contributed by atoms with Gasteiger partial charge in [-0.2, -0.15) is 4.39 Å². The zero-order valence-corrected chi connectivity index (χ0v) is 20.6. The first-order valence-electron chi connectivity index (χ1n) is 12.3. The van der Waals surface area contributed by atoms with E-state index >= 15 is 0 Å². The zero-order valence-electron chi connectivity index (χ0n) is 20.6. The van der Waals surface area contributed by atoms with E-state index in [1.54, 1.807) is 13.2 Å². The molecule has 8 heteroatoms. The van der Waals surface area contributed by atoms with Gasteiger partial charge in [0.05, 0.1) is 13.7 Å². The summed E-state index contributed by atoms with van der Waals surface area (Å²) in [7, 11) is 1.68. The largest absolute Gasteiger partial charge is 0.497 e. The van der Waals surface area contributed by atoms with Crippen molar-refractivity contribution in [1.82, 2.24) is 15.6 Å². The Balaban J connectivity index is 1.20. The van der Waals surface area contributed by atoms with Crippen molar-refractivity contribution < 1.29 is 18.7 Å². The van der Waals surface area contributed by atoms with E-state index in [1.807, 2.05) is 12.1 Å². The molecule has 3 aromatic rings. The summed E-state index contributed by atoms with van der Waals surface area (Å²) in [5.74, 6) is 0.216. The number of piperazine rings is 1. The minimum atomic E-state index is -0.532. The van der Waals surface area contributed by atoms with Crippen molar-refractivity contribution in [2.45, 2.75) is 25.4 Å². The maximum Gasteiger partial charge on any atom is 0.222 e. The van der Waals surface area contributed by atoms with E-state index in [0.717, 1.165) is 37.4 Å². The molecule has 2 aromatic carbocycles. The van der Waals surface area contributed by atoms with Crippen LogP contribution in [0.5, 0.6) is 5.75 Å². The van der Waals surface area contributed by atoms with E-state index in [0.29, 0.717) is 25.8 Å². The zero-order chi connectivity index (χ0) is 25.2. The monoisotopic (exact) mass is 492 g/mol. The molecule has 0 bridgehead atoms. The predicted octanol–water partition coefficient (Wildman–Crippen LogP) is 3.79. The van der Waals surface area contributed by atoms with Gasteiger partial charge in [0.2, 0.25) is 11.9 Å². The maximum absolute atomic E-state index is 12.9. The average molecular weight is 493 g/mol. The molecule has 1 amide bonds. The topological polar surface area (TPSA) is 75.7 Å². The Morgan fingerprint density at radius 3 is 2.75 bits per heavy atom. The molecule has 1 atom stereocenters. The van der Waals surface area contributed by atoms with Crippen molar-refractivity contribution in [3.05, 3.63) is 78.4 Å². The Kier molecular flexibility index (Phi) is 9.24. The first-order valence-corrected chi connectivity index (χ1v) is 12.3. The number of anilines is 1. The van der Waals surface area contributed by atoms with Gasteiger partial charge in [-0.15, -0.1) is 0 Å². The van der Waals surface area contributed by atoms with E-state index in [4.69, 9.17) is 9.47 Å². The van der Waals surface area contributed by atoms with Gasteiger partial charge in [-0.25, -0.2) is 4.98 Å². The number of carbonyl (C=O) groups excluding carboxylic acids is 1. The van der Waals surface area contributed by atoms with Gasteiger partial charge >= 0.3 is 0 Å². The summed E-state index contributed by atoms with van der Waals surface area (Å²) in [4.78, 5) is 18.0. The number of ether oxygens (including phenoxy) is 2. The summed E-state index contributed by atoms with van der Waals surface area (Å²) >= 11 is 0. The van der Waals surface area contributed by atoms with E-state index in [1.165, 1.54) is 29.1 Å². The number of nitrogens with one attached hydrogen (secondary N) is 2. The minimum Gasteiger partial charge on any atom is -0.497 e. The van der Waals surface area contributed by atoms with E-state index < -0.39 is 5.95 Å². The minimum absolute atomic E-state index is 0.101. The van der Waals surface area contributed by atoms with Crippen molar-refractivity contribution in [3.63, 3.8) is 0 Å². The third kappa shape index (κ3) is 7.26.